The molecule has 2 aromatic heterocycles. The van der Waals surface area contributed by atoms with E-state index in [-0.39, 0.29) is 36.3 Å². The average molecular weight is 661 g/mol. The number of aryl methyl sites for hydroxylation is 1. The van der Waals surface area contributed by atoms with Crippen LogP contribution in [-0.2, 0) is 43.9 Å². The zero-order valence-electron chi connectivity index (χ0n) is 22.4. The number of pyridine rings is 2. The van der Waals surface area contributed by atoms with Crippen molar-refractivity contribution in [2.75, 3.05) is 6.61 Å². The van der Waals surface area contributed by atoms with E-state index in [4.69, 9.17) is 9.72 Å². The molecule has 9 nitrogen and oxygen atoms in total. The van der Waals surface area contributed by atoms with Crippen molar-refractivity contribution in [3.05, 3.63) is 61.4 Å². The second kappa shape index (κ2) is 9.31. The molecule has 1 aliphatic carbocycles. The van der Waals surface area contributed by atoms with Gasteiger partial charge in [0.05, 0.1) is 41.7 Å². The van der Waals surface area contributed by atoms with E-state index in [0.29, 0.717) is 29.7 Å². The van der Waals surface area contributed by atoms with Crippen molar-refractivity contribution in [3.63, 3.8) is 0 Å². The van der Waals surface area contributed by atoms with E-state index < -0.39 is 35.8 Å². The second-order valence-electron chi connectivity index (χ2n) is 11.0. The Morgan fingerprint density at radius 2 is 2.08 bits per heavy atom. The fourth-order valence-corrected chi connectivity index (χ4v) is 7.11. The van der Waals surface area contributed by atoms with Crippen LogP contribution in [0.3, 0.4) is 0 Å². The van der Waals surface area contributed by atoms with Gasteiger partial charge in [0.1, 0.15) is 6.61 Å². The van der Waals surface area contributed by atoms with Crippen LogP contribution in [0.2, 0.25) is 0 Å². The summed E-state index contributed by atoms with van der Waals surface area (Å²) in [6.45, 7) is 3.75. The van der Waals surface area contributed by atoms with Crippen LogP contribution in [0, 0.1) is 6.92 Å². The number of fused-ring (bicyclic) bond motifs is 5. The van der Waals surface area contributed by atoms with E-state index in [1.807, 2.05) is 6.07 Å². The lowest BCUT2D eigenvalue weighted by Crippen LogP contribution is -2.46. The summed E-state index contributed by atoms with van der Waals surface area (Å²) in [7, 11) is 0. The van der Waals surface area contributed by atoms with Gasteiger partial charge in [-0.15, -0.1) is 0 Å². The Hall–Kier alpha value is -2.90. The van der Waals surface area contributed by atoms with Crippen LogP contribution in [-0.4, -0.2) is 43.9 Å². The first kappa shape index (κ1) is 27.3. The topological polar surface area (TPSA) is 131 Å². The number of aromatic nitrogens is 2. The van der Waals surface area contributed by atoms with Gasteiger partial charge in [0.15, 0.2) is 5.60 Å². The van der Waals surface area contributed by atoms with E-state index in [2.05, 4.69) is 34.8 Å². The largest absolute Gasteiger partial charge is 0.458 e. The Morgan fingerprint density at radius 1 is 1.32 bits per heavy atom. The van der Waals surface area contributed by atoms with Gasteiger partial charge >= 0.3 is 5.97 Å². The smallest absolute Gasteiger partial charge is 0.343 e. The SMILES string of the molecule is CC[C@@]1(O)C(=O)OCc2c1cc1n(c2=O)Cc2c-1nc1cc(CI)c(C)c3c1c2[C@@H](NC(=O)C(C)(F)CO)CC3. The van der Waals surface area contributed by atoms with Gasteiger partial charge in [-0.1, -0.05) is 29.5 Å². The number of esters is 1. The van der Waals surface area contributed by atoms with E-state index in [9.17, 15) is 29.0 Å². The first-order chi connectivity index (χ1) is 19.0. The summed E-state index contributed by atoms with van der Waals surface area (Å²) in [5.74, 6) is -1.70. The number of carbonyl (C=O) groups is 2. The van der Waals surface area contributed by atoms with Crippen molar-refractivity contribution in [2.24, 2.45) is 0 Å². The first-order valence-electron chi connectivity index (χ1n) is 13.3. The molecule has 2 aliphatic heterocycles. The highest BCUT2D eigenvalue weighted by Crippen LogP contribution is 2.46. The normalized spacial score (nSPS) is 22.3. The molecule has 1 amide bonds. The number of aliphatic hydroxyl groups is 2. The number of aliphatic hydroxyl groups excluding tert-OH is 1. The van der Waals surface area contributed by atoms with Crippen molar-refractivity contribution in [1.82, 2.24) is 14.9 Å². The lowest BCUT2D eigenvalue weighted by molar-refractivity contribution is -0.172. The number of hydrogen-bond acceptors (Lipinski definition) is 7. The Bertz CT molecular complexity index is 1700. The third-order valence-corrected chi connectivity index (χ3v) is 9.59. The maximum absolute atomic E-state index is 14.8. The van der Waals surface area contributed by atoms with Crippen LogP contribution >= 0.6 is 22.6 Å². The number of ether oxygens (including phenoxy) is 1. The fraction of sp³-hybridized carbons (Fsp3) is 0.448. The third-order valence-electron chi connectivity index (χ3n) is 8.77. The zero-order valence-corrected chi connectivity index (χ0v) is 24.5. The van der Waals surface area contributed by atoms with Crippen molar-refractivity contribution < 1.29 is 28.9 Å². The number of alkyl halides is 2. The number of amides is 1. The van der Waals surface area contributed by atoms with Crippen LogP contribution < -0.4 is 10.9 Å². The minimum atomic E-state index is -2.45. The molecule has 0 saturated heterocycles. The van der Waals surface area contributed by atoms with E-state index in [1.165, 1.54) is 0 Å². The van der Waals surface area contributed by atoms with Crippen LogP contribution in [0.1, 0.15) is 71.7 Å². The zero-order chi connectivity index (χ0) is 28.7. The van der Waals surface area contributed by atoms with Gasteiger partial charge < -0.3 is 24.8 Å². The van der Waals surface area contributed by atoms with Crippen LogP contribution in [0.5, 0.6) is 0 Å². The van der Waals surface area contributed by atoms with Crippen molar-refractivity contribution >= 4 is 45.4 Å². The molecular formula is C29H29FIN3O6. The molecule has 6 rings (SSSR count). The fourth-order valence-electron chi connectivity index (χ4n) is 6.31. The van der Waals surface area contributed by atoms with Crippen LogP contribution in [0.25, 0.3) is 22.3 Å². The summed E-state index contributed by atoms with van der Waals surface area (Å²) in [4.78, 5) is 44.2. The summed E-state index contributed by atoms with van der Waals surface area (Å²) in [5.41, 5.74) is 2.29. The maximum atomic E-state index is 14.8. The molecule has 4 heterocycles. The van der Waals surface area contributed by atoms with Crippen LogP contribution in [0.4, 0.5) is 4.39 Å². The number of benzene rings is 1. The molecule has 3 atom stereocenters. The van der Waals surface area contributed by atoms with Crippen molar-refractivity contribution in [2.45, 2.75) is 74.9 Å². The van der Waals surface area contributed by atoms with E-state index >= 15 is 0 Å². The lowest BCUT2D eigenvalue weighted by atomic mass is 9.80. The number of hydrogen-bond donors (Lipinski definition) is 3. The monoisotopic (exact) mass is 661 g/mol. The molecule has 0 spiro atoms. The summed E-state index contributed by atoms with van der Waals surface area (Å²) in [6.07, 6.45) is 1.20. The van der Waals surface area contributed by atoms with Gasteiger partial charge in [-0.2, -0.15) is 0 Å². The van der Waals surface area contributed by atoms with Gasteiger partial charge in [0.2, 0.25) is 5.67 Å². The molecule has 3 aliphatic rings. The van der Waals surface area contributed by atoms with E-state index in [1.54, 1.807) is 17.6 Å². The van der Waals surface area contributed by atoms with Gasteiger partial charge in [0.25, 0.3) is 11.5 Å². The summed E-state index contributed by atoms with van der Waals surface area (Å²) in [5, 5.41) is 24.4. The van der Waals surface area contributed by atoms with Crippen molar-refractivity contribution in [3.8, 4) is 11.4 Å². The number of halogens is 2. The molecule has 210 valence electrons. The predicted molar refractivity (Wildman–Crippen MR) is 153 cm³/mol. The molecule has 0 fully saturated rings. The quantitative estimate of drug-likeness (QED) is 0.170. The number of nitrogens with zero attached hydrogens (tertiary/aromatic N) is 2. The average Bonchev–Trinajstić information content (AvgIpc) is 3.31. The molecule has 1 aromatic carbocycles. The molecule has 11 heteroatoms. The van der Waals surface area contributed by atoms with E-state index in [0.717, 1.165) is 44.6 Å². The molecule has 0 radical (unpaired) electrons. The van der Waals surface area contributed by atoms with Gasteiger partial charge in [-0.3, -0.25) is 9.59 Å². The summed E-state index contributed by atoms with van der Waals surface area (Å²) >= 11 is 2.31. The van der Waals surface area contributed by atoms with Gasteiger partial charge in [0, 0.05) is 20.9 Å². The number of rotatable bonds is 5. The Balaban J connectivity index is 1.63. The number of cyclic esters (lactones) is 1. The highest BCUT2D eigenvalue weighted by Gasteiger charge is 2.46. The molecular weight excluding hydrogens is 632 g/mol. The molecule has 0 bridgehead atoms. The number of nitrogens with one attached hydrogen (secondary N) is 1. The highest BCUT2D eigenvalue weighted by molar-refractivity contribution is 14.1. The standard InChI is InChI=1S/C29H29FIN3O6/c1-4-29(39)18-8-21-24-16(10-34(21)25(36)17(18)11-40-27(29)38)23-19(33-26(37)28(3,30)12-35)6-5-15-13(2)14(9-31)7-20(32-24)22(15)23/h7-8,19,35,39H,4-6,9-12H2,1-3H3,(H,33,37)/t19-,28?,29-/m0/s1. The highest BCUT2D eigenvalue weighted by atomic mass is 127. The summed E-state index contributed by atoms with van der Waals surface area (Å²) < 4.78 is 22.3. The van der Waals surface area contributed by atoms with Gasteiger partial charge in [-0.25, -0.2) is 14.2 Å². The Kier molecular flexibility index (Phi) is 6.35. The molecule has 3 N–H and O–H groups in total. The molecule has 0 saturated carbocycles. The Labute approximate surface area is 242 Å². The minimum Gasteiger partial charge on any atom is -0.458 e. The molecule has 40 heavy (non-hydrogen) atoms. The molecule has 3 aromatic rings. The van der Waals surface area contributed by atoms with Crippen molar-refractivity contribution in [1.29, 1.82) is 0 Å². The second-order valence-corrected chi connectivity index (χ2v) is 11.8. The summed E-state index contributed by atoms with van der Waals surface area (Å²) in [6, 6.07) is 3.11. The third kappa shape index (κ3) is 3.69. The maximum Gasteiger partial charge on any atom is 0.343 e. The predicted octanol–water partition coefficient (Wildman–Crippen LogP) is 3.15. The van der Waals surface area contributed by atoms with Crippen LogP contribution in [0.15, 0.2) is 16.9 Å². The first-order valence-corrected chi connectivity index (χ1v) is 14.8. The Morgan fingerprint density at radius 3 is 2.75 bits per heavy atom. The lowest BCUT2D eigenvalue weighted by Gasteiger charge is -2.32. The minimum absolute atomic E-state index is 0.0353. The van der Waals surface area contributed by atoms with Gasteiger partial charge in [-0.05, 0) is 67.5 Å². The molecule has 1 unspecified atom stereocenters. The number of carbonyl (C=O) groups excluding carboxylic acids is 2.